The molecule has 0 aliphatic heterocycles. The summed E-state index contributed by atoms with van der Waals surface area (Å²) in [4.78, 5) is 39.7. The molecule has 0 radical (unpaired) electrons. The highest BCUT2D eigenvalue weighted by molar-refractivity contribution is 6.03. The minimum absolute atomic E-state index is 0.237. The maximum absolute atomic E-state index is 12.9. The number of H-pyrrole nitrogens is 1. The molecule has 178 valence electrons. The van der Waals surface area contributed by atoms with Crippen molar-refractivity contribution in [1.82, 2.24) is 14.9 Å². The normalized spacial score (nSPS) is 10.8. The Bertz CT molecular complexity index is 1620. The zero-order chi connectivity index (χ0) is 25.1. The van der Waals surface area contributed by atoms with E-state index in [9.17, 15) is 14.4 Å². The molecule has 0 atom stereocenters. The minimum atomic E-state index is -0.340. The van der Waals surface area contributed by atoms with Gasteiger partial charge in [0, 0.05) is 41.9 Å². The van der Waals surface area contributed by atoms with E-state index in [2.05, 4.69) is 10.3 Å². The van der Waals surface area contributed by atoms with E-state index in [-0.39, 0.29) is 23.7 Å². The second-order valence-electron chi connectivity index (χ2n) is 8.38. The lowest BCUT2D eigenvalue weighted by Crippen LogP contribution is -2.23. The first-order chi connectivity index (χ1) is 17.5. The van der Waals surface area contributed by atoms with Crippen molar-refractivity contribution in [3.63, 3.8) is 0 Å². The SMILES string of the molecule is Cn1cc(-c2ccccc2Oc2ccccc2)c2cc(C(=O)NCc3ccc(C=O)cc3)[nH]c2c1=O. The molecule has 0 saturated carbocycles. The summed E-state index contributed by atoms with van der Waals surface area (Å²) in [5, 5.41) is 3.49. The highest BCUT2D eigenvalue weighted by atomic mass is 16.5. The van der Waals surface area contributed by atoms with Crippen LogP contribution in [0.4, 0.5) is 0 Å². The zero-order valence-corrected chi connectivity index (χ0v) is 19.5. The van der Waals surface area contributed by atoms with Crippen LogP contribution in [0, 0.1) is 0 Å². The molecular formula is C29H23N3O4. The molecule has 2 aromatic heterocycles. The largest absolute Gasteiger partial charge is 0.457 e. The third-order valence-corrected chi connectivity index (χ3v) is 5.93. The molecular weight excluding hydrogens is 454 g/mol. The van der Waals surface area contributed by atoms with E-state index in [1.54, 1.807) is 43.6 Å². The van der Waals surface area contributed by atoms with Crippen LogP contribution in [0.25, 0.3) is 22.0 Å². The van der Waals surface area contributed by atoms with Gasteiger partial charge in [-0.25, -0.2) is 0 Å². The Balaban J connectivity index is 1.50. The molecule has 0 aliphatic rings. The Morgan fingerprint density at radius 2 is 1.69 bits per heavy atom. The molecule has 0 spiro atoms. The number of hydrogen-bond acceptors (Lipinski definition) is 4. The lowest BCUT2D eigenvalue weighted by molar-refractivity contribution is 0.0946. The summed E-state index contributed by atoms with van der Waals surface area (Å²) < 4.78 is 7.63. The van der Waals surface area contributed by atoms with Gasteiger partial charge in [0.25, 0.3) is 11.5 Å². The number of benzene rings is 3. The van der Waals surface area contributed by atoms with E-state index < -0.39 is 0 Å². The summed E-state index contributed by atoms with van der Waals surface area (Å²) in [7, 11) is 1.68. The summed E-state index contributed by atoms with van der Waals surface area (Å²) in [6.45, 7) is 0.284. The summed E-state index contributed by atoms with van der Waals surface area (Å²) in [6, 6.07) is 25.7. The van der Waals surface area contributed by atoms with Gasteiger partial charge in [-0.1, -0.05) is 60.7 Å². The van der Waals surface area contributed by atoms with Crippen molar-refractivity contribution in [3.8, 4) is 22.6 Å². The number of carbonyl (C=O) groups excluding carboxylic acids is 2. The quantitative estimate of drug-likeness (QED) is 0.320. The summed E-state index contributed by atoms with van der Waals surface area (Å²) in [5.41, 5.74) is 3.36. The fourth-order valence-corrected chi connectivity index (χ4v) is 4.06. The number of aromatic amines is 1. The first-order valence-electron chi connectivity index (χ1n) is 11.4. The lowest BCUT2D eigenvalue weighted by Gasteiger charge is -2.13. The molecule has 7 heteroatoms. The van der Waals surface area contributed by atoms with Gasteiger partial charge in [0.1, 0.15) is 29.0 Å². The van der Waals surface area contributed by atoms with E-state index in [0.29, 0.717) is 28.0 Å². The molecule has 7 nitrogen and oxygen atoms in total. The Morgan fingerprint density at radius 3 is 2.44 bits per heavy atom. The molecule has 1 amide bonds. The number of carbonyl (C=O) groups is 2. The van der Waals surface area contributed by atoms with E-state index in [4.69, 9.17) is 4.74 Å². The highest BCUT2D eigenvalue weighted by Gasteiger charge is 2.18. The van der Waals surface area contributed by atoms with Gasteiger partial charge in [-0.15, -0.1) is 0 Å². The van der Waals surface area contributed by atoms with E-state index >= 15 is 0 Å². The van der Waals surface area contributed by atoms with Crippen LogP contribution in [0.2, 0.25) is 0 Å². The average molecular weight is 478 g/mol. The topological polar surface area (TPSA) is 93.2 Å². The van der Waals surface area contributed by atoms with Crippen molar-refractivity contribution in [2.75, 3.05) is 0 Å². The van der Waals surface area contributed by atoms with Crippen LogP contribution in [0.5, 0.6) is 11.5 Å². The zero-order valence-electron chi connectivity index (χ0n) is 19.5. The average Bonchev–Trinajstić information content (AvgIpc) is 3.37. The molecule has 0 fully saturated rings. The molecule has 0 unspecified atom stereocenters. The third-order valence-electron chi connectivity index (χ3n) is 5.93. The van der Waals surface area contributed by atoms with Crippen LogP contribution in [0.1, 0.15) is 26.4 Å². The molecule has 2 N–H and O–H groups in total. The molecule has 5 rings (SSSR count). The van der Waals surface area contributed by atoms with Crippen molar-refractivity contribution in [1.29, 1.82) is 0 Å². The molecule has 0 bridgehead atoms. The fourth-order valence-electron chi connectivity index (χ4n) is 4.06. The van der Waals surface area contributed by atoms with Crippen LogP contribution in [-0.4, -0.2) is 21.7 Å². The minimum Gasteiger partial charge on any atom is -0.457 e. The number of rotatable bonds is 7. The van der Waals surface area contributed by atoms with Gasteiger partial charge in [0.2, 0.25) is 0 Å². The van der Waals surface area contributed by atoms with Crippen LogP contribution < -0.4 is 15.6 Å². The summed E-state index contributed by atoms with van der Waals surface area (Å²) in [5.74, 6) is 0.989. The second-order valence-corrected chi connectivity index (χ2v) is 8.38. The molecule has 36 heavy (non-hydrogen) atoms. The van der Waals surface area contributed by atoms with Crippen molar-refractivity contribution >= 4 is 23.1 Å². The lowest BCUT2D eigenvalue weighted by atomic mass is 10.0. The predicted molar refractivity (Wildman–Crippen MR) is 138 cm³/mol. The van der Waals surface area contributed by atoms with Crippen molar-refractivity contribution in [2.24, 2.45) is 7.05 Å². The van der Waals surface area contributed by atoms with Crippen molar-refractivity contribution < 1.29 is 14.3 Å². The number of pyridine rings is 1. The molecule has 2 heterocycles. The maximum Gasteiger partial charge on any atom is 0.274 e. The number of aromatic nitrogens is 2. The van der Waals surface area contributed by atoms with Crippen LogP contribution >= 0.6 is 0 Å². The Morgan fingerprint density at radius 1 is 0.972 bits per heavy atom. The Hall–Kier alpha value is -4.91. The van der Waals surface area contributed by atoms with Crippen LogP contribution in [0.15, 0.2) is 95.9 Å². The Labute approximate surface area is 207 Å². The maximum atomic E-state index is 12.9. The number of aryl methyl sites for hydroxylation is 1. The van der Waals surface area contributed by atoms with Crippen molar-refractivity contribution in [3.05, 3.63) is 118 Å². The van der Waals surface area contributed by atoms with Gasteiger partial charge < -0.3 is 19.6 Å². The summed E-state index contributed by atoms with van der Waals surface area (Å²) >= 11 is 0. The van der Waals surface area contributed by atoms with Crippen LogP contribution in [-0.2, 0) is 13.6 Å². The number of aldehydes is 1. The molecule has 3 aromatic carbocycles. The van der Waals surface area contributed by atoms with E-state index in [1.807, 2.05) is 54.6 Å². The Kier molecular flexibility index (Phi) is 6.19. The smallest absolute Gasteiger partial charge is 0.274 e. The van der Waals surface area contributed by atoms with Crippen LogP contribution in [0.3, 0.4) is 0 Å². The number of nitrogens with zero attached hydrogens (tertiary/aromatic N) is 1. The standard InChI is InChI=1S/C29H23N3O4/c1-32-17-24(22-9-5-6-10-26(22)36-21-7-3-2-4-8-21)23-15-25(31-27(23)29(32)35)28(34)30-16-19-11-13-20(18-33)14-12-19/h2-15,17-18,31H,16H2,1H3,(H,30,34). The number of ether oxygens (including phenoxy) is 1. The molecule has 5 aromatic rings. The van der Waals surface area contributed by atoms with Crippen molar-refractivity contribution in [2.45, 2.75) is 6.54 Å². The van der Waals surface area contributed by atoms with Gasteiger partial charge in [-0.2, -0.15) is 0 Å². The third kappa shape index (κ3) is 4.54. The highest BCUT2D eigenvalue weighted by Crippen LogP contribution is 2.36. The van der Waals surface area contributed by atoms with E-state index in [1.165, 1.54) is 4.57 Å². The number of amides is 1. The molecule has 0 saturated heterocycles. The van der Waals surface area contributed by atoms with E-state index in [0.717, 1.165) is 23.0 Å². The van der Waals surface area contributed by atoms with Gasteiger partial charge >= 0.3 is 0 Å². The van der Waals surface area contributed by atoms with Gasteiger partial charge in [-0.3, -0.25) is 14.4 Å². The summed E-state index contributed by atoms with van der Waals surface area (Å²) in [6.07, 6.45) is 2.52. The number of fused-ring (bicyclic) bond motifs is 1. The number of para-hydroxylation sites is 2. The monoisotopic (exact) mass is 477 g/mol. The second kappa shape index (κ2) is 9.76. The fraction of sp³-hybridized carbons (Fsp3) is 0.0690. The number of hydrogen-bond donors (Lipinski definition) is 2. The number of nitrogens with one attached hydrogen (secondary N) is 2. The first-order valence-corrected chi connectivity index (χ1v) is 11.4. The molecule has 0 aliphatic carbocycles. The first kappa shape index (κ1) is 22.9. The predicted octanol–water partition coefficient (Wildman–Crippen LogP) is 5.07. The van der Waals surface area contributed by atoms with Gasteiger partial charge in [0.15, 0.2) is 0 Å². The van der Waals surface area contributed by atoms with Gasteiger partial charge in [-0.05, 0) is 29.8 Å². The van der Waals surface area contributed by atoms with Gasteiger partial charge in [0.05, 0.1) is 0 Å².